The number of thioether (sulfide) groups is 1. The van der Waals surface area contributed by atoms with E-state index in [1.54, 1.807) is 25.3 Å². The zero-order valence-electron chi connectivity index (χ0n) is 12.8. The SMILES string of the molecule is CN1C(=O)/C(=C\c2ccc(C(=O)[O-])cc2)SC1=Nc1ccccc1. The molecule has 2 aromatic carbocycles. The second-order valence-corrected chi connectivity index (χ2v) is 6.12. The van der Waals surface area contributed by atoms with Gasteiger partial charge in [0.2, 0.25) is 0 Å². The molecule has 0 aromatic heterocycles. The van der Waals surface area contributed by atoms with E-state index in [1.165, 1.54) is 28.8 Å². The molecule has 0 aliphatic carbocycles. The van der Waals surface area contributed by atoms with Crippen LogP contribution in [0.25, 0.3) is 6.08 Å². The third-order valence-electron chi connectivity index (χ3n) is 3.43. The summed E-state index contributed by atoms with van der Waals surface area (Å²) >= 11 is 1.29. The van der Waals surface area contributed by atoms with Crippen LogP contribution in [0.3, 0.4) is 0 Å². The monoisotopic (exact) mass is 337 g/mol. The number of hydrogen-bond donors (Lipinski definition) is 0. The predicted molar refractivity (Wildman–Crippen MR) is 92.6 cm³/mol. The first-order valence-corrected chi connectivity index (χ1v) is 7.99. The molecule has 0 saturated carbocycles. The fourth-order valence-electron chi connectivity index (χ4n) is 2.13. The number of rotatable bonds is 3. The summed E-state index contributed by atoms with van der Waals surface area (Å²) in [6, 6.07) is 15.6. The Balaban J connectivity index is 1.86. The molecule has 120 valence electrons. The van der Waals surface area contributed by atoms with E-state index in [9.17, 15) is 14.7 Å². The maximum absolute atomic E-state index is 12.3. The zero-order valence-corrected chi connectivity index (χ0v) is 13.6. The number of likely N-dealkylation sites (N-methyl/N-ethyl adjacent to an activating group) is 1. The van der Waals surface area contributed by atoms with E-state index < -0.39 is 5.97 Å². The Morgan fingerprint density at radius 2 is 1.79 bits per heavy atom. The fourth-order valence-corrected chi connectivity index (χ4v) is 3.12. The lowest BCUT2D eigenvalue weighted by Crippen LogP contribution is -2.23. The minimum atomic E-state index is -1.22. The Hall–Kier alpha value is -2.86. The summed E-state index contributed by atoms with van der Waals surface area (Å²) < 4.78 is 0. The first-order valence-electron chi connectivity index (χ1n) is 7.17. The summed E-state index contributed by atoms with van der Waals surface area (Å²) in [7, 11) is 1.68. The molecule has 3 rings (SSSR count). The lowest BCUT2D eigenvalue weighted by Gasteiger charge is -2.06. The number of carbonyl (C=O) groups is 2. The van der Waals surface area contributed by atoms with Crippen molar-refractivity contribution in [1.29, 1.82) is 0 Å². The van der Waals surface area contributed by atoms with Crippen molar-refractivity contribution in [2.24, 2.45) is 4.99 Å². The number of benzene rings is 2. The van der Waals surface area contributed by atoms with Gasteiger partial charge >= 0.3 is 0 Å². The van der Waals surface area contributed by atoms with E-state index in [-0.39, 0.29) is 11.5 Å². The molecule has 1 aliphatic heterocycles. The quantitative estimate of drug-likeness (QED) is 0.806. The number of aromatic carboxylic acids is 1. The van der Waals surface area contributed by atoms with Crippen molar-refractivity contribution in [2.45, 2.75) is 0 Å². The van der Waals surface area contributed by atoms with Gasteiger partial charge in [0.05, 0.1) is 16.6 Å². The van der Waals surface area contributed by atoms with Crippen LogP contribution in [0.4, 0.5) is 5.69 Å². The molecule has 0 radical (unpaired) electrons. The van der Waals surface area contributed by atoms with Gasteiger partial charge in [0, 0.05) is 7.05 Å². The molecule has 0 spiro atoms. The Kier molecular flexibility index (Phi) is 4.48. The Morgan fingerprint density at radius 1 is 1.12 bits per heavy atom. The van der Waals surface area contributed by atoms with Crippen LogP contribution in [0, 0.1) is 0 Å². The summed E-state index contributed by atoms with van der Waals surface area (Å²) in [6.45, 7) is 0. The maximum atomic E-state index is 12.3. The molecular formula is C18H13N2O3S-. The van der Waals surface area contributed by atoms with Gasteiger partial charge in [-0.15, -0.1) is 0 Å². The molecule has 0 atom stereocenters. The smallest absolute Gasteiger partial charge is 0.266 e. The van der Waals surface area contributed by atoms with Gasteiger partial charge in [-0.2, -0.15) is 0 Å². The van der Waals surface area contributed by atoms with Gasteiger partial charge in [-0.1, -0.05) is 42.5 Å². The number of aliphatic imine (C=N–C) groups is 1. The highest BCUT2D eigenvalue weighted by molar-refractivity contribution is 8.18. The third-order valence-corrected chi connectivity index (χ3v) is 4.49. The number of carbonyl (C=O) groups excluding carboxylic acids is 2. The Morgan fingerprint density at radius 3 is 2.42 bits per heavy atom. The molecule has 2 aromatic rings. The molecule has 1 fully saturated rings. The van der Waals surface area contributed by atoms with E-state index in [0.29, 0.717) is 10.1 Å². The van der Waals surface area contributed by atoms with Gasteiger partial charge in [-0.25, -0.2) is 4.99 Å². The average molecular weight is 337 g/mol. The topological polar surface area (TPSA) is 72.8 Å². The van der Waals surface area contributed by atoms with Gasteiger partial charge < -0.3 is 9.90 Å². The number of amidine groups is 1. The Bertz CT molecular complexity index is 842. The van der Waals surface area contributed by atoms with Crippen LogP contribution < -0.4 is 5.11 Å². The van der Waals surface area contributed by atoms with Crippen molar-refractivity contribution in [3.05, 3.63) is 70.6 Å². The summed E-state index contributed by atoms with van der Waals surface area (Å²) in [4.78, 5) is 29.6. The van der Waals surface area contributed by atoms with Crippen LogP contribution in [-0.4, -0.2) is 29.0 Å². The zero-order chi connectivity index (χ0) is 17.1. The normalized spacial score (nSPS) is 17.7. The van der Waals surface area contributed by atoms with Crippen LogP contribution in [0.5, 0.6) is 0 Å². The number of hydrogen-bond acceptors (Lipinski definition) is 5. The molecule has 5 nitrogen and oxygen atoms in total. The number of carboxylic acid groups (broad SMARTS) is 1. The molecule has 1 heterocycles. The van der Waals surface area contributed by atoms with E-state index >= 15 is 0 Å². The second-order valence-electron chi connectivity index (χ2n) is 5.11. The predicted octanol–water partition coefficient (Wildman–Crippen LogP) is 2.28. The molecule has 1 amide bonds. The third kappa shape index (κ3) is 3.38. The molecule has 1 aliphatic rings. The highest BCUT2D eigenvalue weighted by Crippen LogP contribution is 2.33. The average Bonchev–Trinajstić information content (AvgIpc) is 2.84. The largest absolute Gasteiger partial charge is 0.545 e. The molecule has 24 heavy (non-hydrogen) atoms. The molecular weight excluding hydrogens is 324 g/mol. The van der Waals surface area contributed by atoms with Crippen LogP contribution in [-0.2, 0) is 4.79 Å². The number of carboxylic acids is 1. The minimum absolute atomic E-state index is 0.103. The van der Waals surface area contributed by atoms with Crippen LogP contribution in [0.1, 0.15) is 15.9 Å². The van der Waals surface area contributed by atoms with Crippen molar-refractivity contribution in [1.82, 2.24) is 4.90 Å². The van der Waals surface area contributed by atoms with Crippen molar-refractivity contribution in [3.63, 3.8) is 0 Å². The summed E-state index contributed by atoms with van der Waals surface area (Å²) in [6.07, 6.45) is 1.72. The summed E-state index contributed by atoms with van der Waals surface area (Å²) in [5.41, 5.74) is 1.62. The minimum Gasteiger partial charge on any atom is -0.545 e. The standard InChI is InChI=1S/C18H14N2O3S/c1-20-16(21)15(11-12-7-9-13(10-8-12)17(22)23)24-18(20)19-14-5-3-2-4-6-14/h2-11H,1H3,(H,22,23)/p-1/b15-11+,19-18?. The first kappa shape index (κ1) is 16.0. The number of amides is 1. The van der Waals surface area contributed by atoms with Crippen molar-refractivity contribution < 1.29 is 14.7 Å². The van der Waals surface area contributed by atoms with Gasteiger partial charge in [-0.05, 0) is 41.1 Å². The van der Waals surface area contributed by atoms with Crippen molar-refractivity contribution >= 4 is 40.6 Å². The lowest BCUT2D eigenvalue weighted by molar-refractivity contribution is -0.255. The van der Waals surface area contributed by atoms with Gasteiger partial charge in [0.25, 0.3) is 5.91 Å². The van der Waals surface area contributed by atoms with Crippen molar-refractivity contribution in [3.8, 4) is 0 Å². The molecule has 0 unspecified atom stereocenters. The lowest BCUT2D eigenvalue weighted by atomic mass is 10.1. The van der Waals surface area contributed by atoms with Gasteiger partial charge in [0.15, 0.2) is 5.17 Å². The number of para-hydroxylation sites is 1. The van der Waals surface area contributed by atoms with Gasteiger partial charge in [0.1, 0.15) is 0 Å². The molecule has 1 saturated heterocycles. The van der Waals surface area contributed by atoms with E-state index in [2.05, 4.69) is 4.99 Å². The van der Waals surface area contributed by atoms with Gasteiger partial charge in [-0.3, -0.25) is 9.69 Å². The molecule has 0 N–H and O–H groups in total. The summed E-state index contributed by atoms with van der Waals surface area (Å²) in [5.74, 6) is -1.36. The van der Waals surface area contributed by atoms with Crippen molar-refractivity contribution in [2.75, 3.05) is 7.05 Å². The maximum Gasteiger partial charge on any atom is 0.266 e. The van der Waals surface area contributed by atoms with Crippen LogP contribution >= 0.6 is 11.8 Å². The van der Waals surface area contributed by atoms with E-state index in [4.69, 9.17) is 0 Å². The summed E-state index contributed by atoms with van der Waals surface area (Å²) in [5, 5.41) is 11.4. The van der Waals surface area contributed by atoms with Crippen LogP contribution in [0.2, 0.25) is 0 Å². The number of nitrogens with zero attached hydrogens (tertiary/aromatic N) is 2. The second kappa shape index (κ2) is 6.72. The Labute approximate surface area is 143 Å². The van der Waals surface area contributed by atoms with E-state index in [1.807, 2.05) is 30.3 Å². The van der Waals surface area contributed by atoms with Crippen LogP contribution in [0.15, 0.2) is 64.5 Å². The highest BCUT2D eigenvalue weighted by Gasteiger charge is 2.30. The van der Waals surface area contributed by atoms with E-state index in [0.717, 1.165) is 11.3 Å². The molecule has 6 heteroatoms. The first-order chi connectivity index (χ1) is 11.5. The highest BCUT2D eigenvalue weighted by atomic mass is 32.2. The fraction of sp³-hybridized carbons (Fsp3) is 0.0556. The molecule has 0 bridgehead atoms.